The first-order chi connectivity index (χ1) is 24.8. The molecule has 0 amide bonds. The summed E-state index contributed by atoms with van der Waals surface area (Å²) in [5.41, 5.74) is 10.3. The Morgan fingerprint density at radius 2 is 0.980 bits per heavy atom. The van der Waals surface area contributed by atoms with E-state index in [4.69, 9.17) is 13.3 Å². The molecule has 0 unspecified atom stereocenters. The van der Waals surface area contributed by atoms with Crippen molar-refractivity contribution in [2.75, 3.05) is 4.90 Å². The Balaban J connectivity index is 1.16. The zero-order valence-electron chi connectivity index (χ0n) is 26.8. The molecule has 3 heterocycles. The van der Waals surface area contributed by atoms with Gasteiger partial charge in [-0.25, -0.2) is 0 Å². The van der Waals surface area contributed by atoms with E-state index >= 15 is 0 Å². The van der Waals surface area contributed by atoms with Gasteiger partial charge in [-0.15, -0.1) is 0 Å². The third-order valence-corrected chi connectivity index (χ3v) is 10.1. The summed E-state index contributed by atoms with van der Waals surface area (Å²) in [5, 5.41) is 8.76. The van der Waals surface area contributed by atoms with Crippen molar-refractivity contribution in [3.63, 3.8) is 0 Å². The van der Waals surface area contributed by atoms with Gasteiger partial charge in [0.25, 0.3) is 0 Å². The summed E-state index contributed by atoms with van der Waals surface area (Å²) >= 11 is 0. The number of fused-ring (bicyclic) bond motifs is 12. The Labute approximate surface area is 286 Å². The zero-order valence-corrected chi connectivity index (χ0v) is 26.8. The van der Waals surface area contributed by atoms with Crippen molar-refractivity contribution in [1.82, 2.24) is 0 Å². The van der Waals surface area contributed by atoms with E-state index in [9.17, 15) is 0 Å². The van der Waals surface area contributed by atoms with Crippen LogP contribution in [0.1, 0.15) is 0 Å². The van der Waals surface area contributed by atoms with Gasteiger partial charge in [0, 0.05) is 38.7 Å². The molecule has 8 aromatic carbocycles. The van der Waals surface area contributed by atoms with Crippen LogP contribution in [0.2, 0.25) is 0 Å². The van der Waals surface area contributed by atoms with E-state index in [-0.39, 0.29) is 0 Å². The van der Waals surface area contributed by atoms with Crippen molar-refractivity contribution in [2.45, 2.75) is 0 Å². The molecule has 50 heavy (non-hydrogen) atoms. The lowest BCUT2D eigenvalue weighted by Crippen LogP contribution is -2.10. The van der Waals surface area contributed by atoms with Crippen LogP contribution >= 0.6 is 0 Å². The highest BCUT2D eigenvalue weighted by Gasteiger charge is 2.23. The van der Waals surface area contributed by atoms with E-state index < -0.39 is 0 Å². The van der Waals surface area contributed by atoms with E-state index in [1.807, 2.05) is 24.3 Å². The molecule has 0 bridgehead atoms. The average Bonchev–Trinajstić information content (AvgIpc) is 3.87. The van der Waals surface area contributed by atoms with Gasteiger partial charge in [0.15, 0.2) is 5.58 Å². The molecule has 0 atom stereocenters. The van der Waals surface area contributed by atoms with Crippen LogP contribution in [0, 0.1) is 0 Å². The maximum Gasteiger partial charge on any atom is 0.159 e. The summed E-state index contributed by atoms with van der Waals surface area (Å²) in [7, 11) is 0. The summed E-state index contributed by atoms with van der Waals surface area (Å²) in [6.07, 6.45) is 0. The van der Waals surface area contributed by atoms with Crippen LogP contribution < -0.4 is 4.90 Å². The maximum atomic E-state index is 6.94. The van der Waals surface area contributed by atoms with Gasteiger partial charge in [0.2, 0.25) is 0 Å². The van der Waals surface area contributed by atoms with E-state index in [0.717, 1.165) is 88.4 Å². The summed E-state index contributed by atoms with van der Waals surface area (Å²) in [5.74, 6) is 0. The molecule has 0 aliphatic carbocycles. The molecule has 0 radical (unpaired) electrons. The largest absolute Gasteiger partial charge is 0.456 e. The normalized spacial score (nSPS) is 12.0. The smallest absolute Gasteiger partial charge is 0.159 e. The van der Waals surface area contributed by atoms with E-state index in [2.05, 4.69) is 144 Å². The van der Waals surface area contributed by atoms with Gasteiger partial charge in [0.1, 0.15) is 27.9 Å². The number of para-hydroxylation sites is 2. The topological polar surface area (TPSA) is 42.7 Å². The molecule has 4 heteroatoms. The molecule has 0 fully saturated rings. The second-order valence-corrected chi connectivity index (χ2v) is 12.9. The second-order valence-electron chi connectivity index (χ2n) is 12.9. The monoisotopic (exact) mass is 641 g/mol. The molecule has 0 aliphatic heterocycles. The minimum Gasteiger partial charge on any atom is -0.456 e. The van der Waals surface area contributed by atoms with Crippen LogP contribution in [-0.2, 0) is 0 Å². The highest BCUT2D eigenvalue weighted by atomic mass is 16.3. The van der Waals surface area contributed by atoms with E-state index in [1.54, 1.807) is 0 Å². The fraction of sp³-hybridized carbons (Fsp3) is 0. The fourth-order valence-electron chi connectivity index (χ4n) is 7.76. The number of hydrogen-bond donors (Lipinski definition) is 0. The fourth-order valence-corrected chi connectivity index (χ4v) is 7.76. The minimum atomic E-state index is 0.808. The van der Waals surface area contributed by atoms with Crippen LogP contribution in [0.4, 0.5) is 17.1 Å². The van der Waals surface area contributed by atoms with Crippen molar-refractivity contribution in [2.24, 2.45) is 0 Å². The Morgan fingerprint density at radius 3 is 1.88 bits per heavy atom. The van der Waals surface area contributed by atoms with Crippen molar-refractivity contribution in [3.8, 4) is 11.1 Å². The van der Waals surface area contributed by atoms with Gasteiger partial charge in [-0.2, -0.15) is 0 Å². The third kappa shape index (κ3) is 3.93. The number of hydrogen-bond acceptors (Lipinski definition) is 4. The number of anilines is 3. The first-order valence-corrected chi connectivity index (χ1v) is 16.8. The van der Waals surface area contributed by atoms with Gasteiger partial charge in [0.05, 0.1) is 16.8 Å². The van der Waals surface area contributed by atoms with Gasteiger partial charge in [-0.1, -0.05) is 103 Å². The molecule has 3 aromatic heterocycles. The Hall–Kier alpha value is -6.78. The molecule has 0 spiro atoms. The first kappa shape index (κ1) is 27.2. The molecule has 0 saturated heterocycles. The number of benzene rings is 8. The van der Waals surface area contributed by atoms with Gasteiger partial charge < -0.3 is 18.2 Å². The van der Waals surface area contributed by atoms with Gasteiger partial charge in [-0.3, -0.25) is 0 Å². The van der Waals surface area contributed by atoms with Crippen LogP contribution in [0.15, 0.2) is 177 Å². The summed E-state index contributed by atoms with van der Waals surface area (Å²) in [6, 6.07) is 57.1. The number of nitrogens with zero attached hydrogens (tertiary/aromatic N) is 1. The second kappa shape index (κ2) is 10.4. The van der Waals surface area contributed by atoms with Crippen LogP contribution in [0.5, 0.6) is 0 Å². The van der Waals surface area contributed by atoms with Crippen molar-refractivity contribution < 1.29 is 13.3 Å². The first-order valence-electron chi connectivity index (χ1n) is 16.8. The van der Waals surface area contributed by atoms with Crippen molar-refractivity contribution in [1.29, 1.82) is 0 Å². The highest BCUT2D eigenvalue weighted by Crippen LogP contribution is 2.46. The van der Waals surface area contributed by atoms with Crippen molar-refractivity contribution >= 4 is 93.7 Å². The maximum absolute atomic E-state index is 6.94. The lowest BCUT2D eigenvalue weighted by atomic mass is 10.0. The molecule has 0 N–H and O–H groups in total. The Bertz CT molecular complexity index is 3090. The van der Waals surface area contributed by atoms with Gasteiger partial charge >= 0.3 is 0 Å². The van der Waals surface area contributed by atoms with Crippen LogP contribution in [0.25, 0.3) is 87.7 Å². The predicted molar refractivity (Wildman–Crippen MR) is 206 cm³/mol. The molecule has 0 aliphatic rings. The average molecular weight is 642 g/mol. The van der Waals surface area contributed by atoms with E-state index in [1.165, 1.54) is 16.3 Å². The zero-order chi connectivity index (χ0) is 32.8. The Morgan fingerprint density at radius 1 is 0.340 bits per heavy atom. The quantitative estimate of drug-likeness (QED) is 0.192. The Kier molecular flexibility index (Phi) is 5.63. The molecule has 0 saturated carbocycles. The third-order valence-electron chi connectivity index (χ3n) is 10.1. The minimum absolute atomic E-state index is 0.808. The molecule has 4 nitrogen and oxygen atoms in total. The number of rotatable bonds is 4. The molecular weight excluding hydrogens is 615 g/mol. The number of furan rings is 3. The summed E-state index contributed by atoms with van der Waals surface area (Å²) < 4.78 is 19.7. The lowest BCUT2D eigenvalue weighted by Gasteiger charge is -2.25. The molecule has 11 rings (SSSR count). The standard InChI is InChI=1S/C46H27NO3/c1-2-9-28(10-3-1)29-17-20-31(21-18-29)47(32-22-23-37-42(27-32)49-40-25-19-30-11-4-5-12-33(30)43(37)40)38-15-8-14-34-35-24-26-41-44(46(35)50-45(34)38)36-13-6-7-16-39(36)48-41/h1-27H. The van der Waals surface area contributed by atoms with Crippen LogP contribution in [-0.4, -0.2) is 0 Å². The van der Waals surface area contributed by atoms with Gasteiger partial charge in [-0.05, 0) is 76.5 Å². The molecule has 11 aromatic rings. The predicted octanol–water partition coefficient (Wildman–Crippen LogP) is 13.7. The highest BCUT2D eigenvalue weighted by molar-refractivity contribution is 6.23. The van der Waals surface area contributed by atoms with Crippen molar-refractivity contribution in [3.05, 3.63) is 164 Å². The van der Waals surface area contributed by atoms with E-state index in [0.29, 0.717) is 0 Å². The lowest BCUT2D eigenvalue weighted by molar-refractivity contribution is 0.662. The SMILES string of the molecule is c1ccc(-c2ccc(N(c3ccc4c(c3)oc3ccc5ccccc5c34)c3cccc4c3oc3c4ccc4oc5ccccc5c43)cc2)cc1. The summed E-state index contributed by atoms with van der Waals surface area (Å²) in [4.78, 5) is 2.27. The molecule has 234 valence electrons. The van der Waals surface area contributed by atoms with Crippen LogP contribution in [0.3, 0.4) is 0 Å². The molecular formula is C46H27NO3. The summed E-state index contributed by atoms with van der Waals surface area (Å²) in [6.45, 7) is 0.